The van der Waals surface area contributed by atoms with Gasteiger partial charge in [-0.15, -0.1) is 11.3 Å². The summed E-state index contributed by atoms with van der Waals surface area (Å²) >= 11 is 1.44. The van der Waals surface area contributed by atoms with Gasteiger partial charge in [0.05, 0.1) is 17.3 Å². The fourth-order valence-electron chi connectivity index (χ4n) is 1.61. The van der Waals surface area contributed by atoms with Gasteiger partial charge >= 0.3 is 0 Å². The summed E-state index contributed by atoms with van der Waals surface area (Å²) < 4.78 is 19.0. The second kappa shape index (κ2) is 5.67. The smallest absolute Gasteiger partial charge is 0.185 e. The number of nitrogens with two attached hydrogens (primary N) is 1. The molecule has 0 spiro atoms. The van der Waals surface area contributed by atoms with Crippen molar-refractivity contribution >= 4 is 27.1 Å². The van der Waals surface area contributed by atoms with E-state index in [2.05, 4.69) is 11.6 Å². The van der Waals surface area contributed by atoms with Crippen LogP contribution in [-0.4, -0.2) is 12.1 Å². The van der Waals surface area contributed by atoms with Gasteiger partial charge in [0.1, 0.15) is 10.8 Å². The number of allylic oxidation sites excluding steroid dienone is 4. The monoisotopic (exact) mass is 276 g/mol. The fourth-order valence-corrected chi connectivity index (χ4v) is 2.60. The number of ether oxygens (including phenoxy) is 1. The number of halogens is 1. The van der Waals surface area contributed by atoms with Gasteiger partial charge in [-0.1, -0.05) is 18.7 Å². The summed E-state index contributed by atoms with van der Waals surface area (Å²) in [5.41, 5.74) is 6.50. The zero-order valence-corrected chi connectivity index (χ0v) is 11.2. The average Bonchev–Trinajstić information content (AvgIpc) is 2.80. The number of thiazole rings is 1. The maximum Gasteiger partial charge on any atom is 0.185 e. The lowest BCUT2D eigenvalue weighted by Crippen LogP contribution is -1.89. The molecule has 0 saturated carbocycles. The first-order chi connectivity index (χ1) is 9.13. The first-order valence-corrected chi connectivity index (χ1v) is 6.36. The van der Waals surface area contributed by atoms with Crippen molar-refractivity contribution in [2.45, 2.75) is 0 Å². The molecule has 0 aliphatic heterocycles. The summed E-state index contributed by atoms with van der Waals surface area (Å²) in [5.74, 6) is 0.00225. The van der Waals surface area contributed by atoms with Crippen molar-refractivity contribution in [2.24, 2.45) is 5.73 Å². The molecule has 0 atom stereocenters. The minimum absolute atomic E-state index is 0.593. The van der Waals surface area contributed by atoms with Gasteiger partial charge in [-0.25, -0.2) is 4.98 Å². The zero-order valence-electron chi connectivity index (χ0n) is 10.4. The Labute approximate surface area is 114 Å². The van der Waals surface area contributed by atoms with Crippen molar-refractivity contribution < 1.29 is 9.13 Å². The van der Waals surface area contributed by atoms with Gasteiger partial charge in [-0.3, -0.25) is 0 Å². The van der Waals surface area contributed by atoms with E-state index in [9.17, 15) is 4.39 Å². The van der Waals surface area contributed by atoms with E-state index in [1.54, 1.807) is 19.3 Å². The molecule has 0 aliphatic carbocycles. The third kappa shape index (κ3) is 3.00. The van der Waals surface area contributed by atoms with Crippen molar-refractivity contribution in [1.29, 1.82) is 0 Å². The van der Waals surface area contributed by atoms with Gasteiger partial charge in [0.25, 0.3) is 0 Å². The Morgan fingerprint density at radius 1 is 1.53 bits per heavy atom. The highest BCUT2D eigenvalue weighted by molar-refractivity contribution is 7.19. The van der Waals surface area contributed by atoms with Crippen LogP contribution in [0.2, 0.25) is 0 Å². The van der Waals surface area contributed by atoms with Gasteiger partial charge in [-0.2, -0.15) is 4.39 Å². The topological polar surface area (TPSA) is 48.1 Å². The Hall–Kier alpha value is -2.14. The fraction of sp³-hybridized carbons (Fsp3) is 0.0714. The molecule has 0 amide bonds. The standard InChI is InChI=1S/C14H13FN2OS/c1-3-4-9(7-13(15)16)14-17-11-6-5-10(18-2)8-12(11)19-14/h3-8H,1,16H2,2H3/b9-4+,13-7-. The summed E-state index contributed by atoms with van der Waals surface area (Å²) in [7, 11) is 1.61. The first kappa shape index (κ1) is 13.3. The minimum atomic E-state index is -0.759. The van der Waals surface area contributed by atoms with Gasteiger partial charge in [-0.05, 0) is 18.2 Å². The molecule has 1 heterocycles. The predicted octanol–water partition coefficient (Wildman–Crippen LogP) is 3.64. The lowest BCUT2D eigenvalue weighted by atomic mass is 10.2. The summed E-state index contributed by atoms with van der Waals surface area (Å²) in [5, 5.41) is 0.684. The number of rotatable bonds is 4. The highest BCUT2D eigenvalue weighted by Crippen LogP contribution is 2.30. The molecule has 2 N–H and O–H groups in total. The molecule has 5 heteroatoms. The number of aromatic nitrogens is 1. The quantitative estimate of drug-likeness (QED) is 0.685. The van der Waals surface area contributed by atoms with Crippen LogP contribution in [0.3, 0.4) is 0 Å². The second-order valence-electron chi connectivity index (χ2n) is 3.74. The maximum absolute atomic E-state index is 12.9. The van der Waals surface area contributed by atoms with E-state index in [0.29, 0.717) is 10.6 Å². The maximum atomic E-state index is 12.9. The van der Waals surface area contributed by atoms with Crippen molar-refractivity contribution in [3.8, 4) is 5.75 Å². The third-order valence-corrected chi connectivity index (χ3v) is 3.50. The van der Waals surface area contributed by atoms with E-state index in [1.807, 2.05) is 18.2 Å². The highest BCUT2D eigenvalue weighted by Gasteiger charge is 2.08. The van der Waals surface area contributed by atoms with E-state index in [1.165, 1.54) is 17.4 Å². The lowest BCUT2D eigenvalue weighted by molar-refractivity contribution is 0.415. The number of nitrogens with zero attached hydrogens (tertiary/aromatic N) is 1. The minimum Gasteiger partial charge on any atom is -0.497 e. The largest absolute Gasteiger partial charge is 0.497 e. The number of benzene rings is 1. The van der Waals surface area contributed by atoms with Crippen molar-refractivity contribution in [1.82, 2.24) is 4.98 Å². The van der Waals surface area contributed by atoms with Crippen LogP contribution in [-0.2, 0) is 0 Å². The summed E-state index contributed by atoms with van der Waals surface area (Å²) in [6.45, 7) is 3.60. The molecule has 0 unspecified atom stereocenters. The third-order valence-electron chi connectivity index (χ3n) is 2.43. The Kier molecular flexibility index (Phi) is 3.97. The van der Waals surface area contributed by atoms with Crippen LogP contribution in [0.1, 0.15) is 5.01 Å². The summed E-state index contributed by atoms with van der Waals surface area (Å²) in [6.07, 6.45) is 4.47. The number of methoxy groups -OCH3 is 1. The molecule has 2 rings (SSSR count). The van der Waals surface area contributed by atoms with E-state index in [0.717, 1.165) is 16.0 Å². The number of fused-ring (bicyclic) bond motifs is 1. The average molecular weight is 276 g/mol. The number of hydrogen-bond donors (Lipinski definition) is 1. The molecule has 0 aliphatic rings. The van der Waals surface area contributed by atoms with Gasteiger partial charge < -0.3 is 10.5 Å². The molecule has 2 aromatic rings. The molecule has 98 valence electrons. The Morgan fingerprint density at radius 2 is 2.32 bits per heavy atom. The molecule has 0 fully saturated rings. The SMILES string of the molecule is C=C/C=C(\C=C(/N)F)c1nc2ccc(OC)cc2s1. The van der Waals surface area contributed by atoms with Crippen LogP contribution in [0.25, 0.3) is 15.8 Å². The summed E-state index contributed by atoms with van der Waals surface area (Å²) in [6, 6.07) is 5.59. The van der Waals surface area contributed by atoms with Crippen molar-refractivity contribution in [3.05, 3.63) is 54.0 Å². The van der Waals surface area contributed by atoms with Crippen LogP contribution in [0.15, 0.2) is 49.0 Å². The Morgan fingerprint density at radius 3 is 2.95 bits per heavy atom. The Balaban J connectivity index is 2.52. The van der Waals surface area contributed by atoms with Gasteiger partial charge in [0, 0.05) is 11.6 Å². The molecule has 1 aromatic heterocycles. The molecule has 19 heavy (non-hydrogen) atoms. The second-order valence-corrected chi connectivity index (χ2v) is 4.77. The first-order valence-electron chi connectivity index (χ1n) is 5.54. The Bertz CT molecular complexity index is 669. The van der Waals surface area contributed by atoms with Crippen LogP contribution >= 0.6 is 11.3 Å². The predicted molar refractivity (Wildman–Crippen MR) is 77.7 cm³/mol. The van der Waals surface area contributed by atoms with Crippen LogP contribution in [0, 0.1) is 0 Å². The van der Waals surface area contributed by atoms with Gasteiger partial charge in [0.15, 0.2) is 5.95 Å². The van der Waals surface area contributed by atoms with E-state index >= 15 is 0 Å². The van der Waals surface area contributed by atoms with E-state index < -0.39 is 5.95 Å². The molecule has 0 radical (unpaired) electrons. The van der Waals surface area contributed by atoms with Crippen LogP contribution < -0.4 is 10.5 Å². The normalized spacial score (nSPS) is 12.7. The van der Waals surface area contributed by atoms with Crippen molar-refractivity contribution in [3.63, 3.8) is 0 Å². The van der Waals surface area contributed by atoms with Crippen molar-refractivity contribution in [2.75, 3.05) is 7.11 Å². The molecular weight excluding hydrogens is 263 g/mol. The molecule has 1 aromatic carbocycles. The van der Waals surface area contributed by atoms with E-state index in [-0.39, 0.29) is 0 Å². The highest BCUT2D eigenvalue weighted by atomic mass is 32.1. The molecular formula is C14H13FN2OS. The number of hydrogen-bond acceptors (Lipinski definition) is 4. The molecule has 0 bridgehead atoms. The van der Waals surface area contributed by atoms with Gasteiger partial charge in [0.2, 0.25) is 0 Å². The lowest BCUT2D eigenvalue weighted by Gasteiger charge is -1.96. The van der Waals surface area contributed by atoms with E-state index in [4.69, 9.17) is 10.5 Å². The zero-order chi connectivity index (χ0) is 13.8. The molecule has 3 nitrogen and oxygen atoms in total. The summed E-state index contributed by atoms with van der Waals surface area (Å²) in [4.78, 5) is 4.44. The van der Waals surface area contributed by atoms with Crippen LogP contribution in [0.4, 0.5) is 4.39 Å². The van der Waals surface area contributed by atoms with Crippen LogP contribution in [0.5, 0.6) is 5.75 Å². The molecule has 0 saturated heterocycles.